The molecule has 1 unspecified atom stereocenters. The number of nitrogens with zero attached hydrogens (tertiary/aromatic N) is 1. The molecule has 0 aromatic carbocycles. The molecule has 1 rings (SSSR count). The Morgan fingerprint density at radius 2 is 1.79 bits per heavy atom. The fourth-order valence-electron chi connectivity index (χ4n) is 3.66. The zero-order chi connectivity index (χ0) is 25.4. The summed E-state index contributed by atoms with van der Waals surface area (Å²) in [4.78, 5) is 4.44. The van der Waals surface area contributed by atoms with Gasteiger partial charge < -0.3 is 11.1 Å². The lowest BCUT2D eigenvalue weighted by molar-refractivity contribution is 0.360. The van der Waals surface area contributed by atoms with E-state index in [-0.39, 0.29) is 11.5 Å². The Labute approximate surface area is 203 Å². The molecule has 0 fully saturated rings. The second kappa shape index (κ2) is 15.7. The lowest BCUT2D eigenvalue weighted by Gasteiger charge is -2.36. The van der Waals surface area contributed by atoms with Gasteiger partial charge in [-0.25, -0.2) is 0 Å². The smallest absolute Gasteiger partial charge is 0.0805 e. The zero-order valence-corrected chi connectivity index (χ0v) is 21.9. The van der Waals surface area contributed by atoms with Gasteiger partial charge in [0.05, 0.1) is 12.4 Å². The van der Waals surface area contributed by atoms with Gasteiger partial charge in [-0.3, -0.25) is 4.99 Å². The van der Waals surface area contributed by atoms with Crippen molar-refractivity contribution in [3.63, 3.8) is 0 Å². The topological polar surface area (TPSA) is 50.4 Å². The Morgan fingerprint density at radius 3 is 2.36 bits per heavy atom. The van der Waals surface area contributed by atoms with Gasteiger partial charge in [0.15, 0.2) is 0 Å². The van der Waals surface area contributed by atoms with Gasteiger partial charge in [0, 0.05) is 11.4 Å². The molecule has 0 saturated heterocycles. The molecule has 1 atom stereocenters. The maximum absolute atomic E-state index is 5.54. The number of allylic oxidation sites excluding steroid dienone is 12. The van der Waals surface area contributed by atoms with Crippen molar-refractivity contribution in [1.29, 1.82) is 0 Å². The quantitative estimate of drug-likeness (QED) is 0.203. The Morgan fingerprint density at radius 1 is 1.12 bits per heavy atom. The predicted octanol–water partition coefficient (Wildman–Crippen LogP) is 7.87. The monoisotopic (exact) mass is 447 g/mol. The molecule has 0 radical (unpaired) electrons. The third-order valence-electron chi connectivity index (χ3n) is 5.42. The van der Waals surface area contributed by atoms with Gasteiger partial charge in [-0.15, -0.1) is 0 Å². The Kier molecular flexibility index (Phi) is 14.2. The molecule has 0 aliphatic heterocycles. The molecule has 3 N–H and O–H groups in total. The minimum Gasteiger partial charge on any atom is -0.390 e. The summed E-state index contributed by atoms with van der Waals surface area (Å²) in [6.07, 6.45) is 21.5. The van der Waals surface area contributed by atoms with Crippen LogP contribution in [0.3, 0.4) is 0 Å². The van der Waals surface area contributed by atoms with Crippen molar-refractivity contribution in [2.45, 2.75) is 67.3 Å². The van der Waals surface area contributed by atoms with E-state index in [4.69, 9.17) is 5.73 Å². The van der Waals surface area contributed by atoms with Gasteiger partial charge >= 0.3 is 0 Å². The summed E-state index contributed by atoms with van der Waals surface area (Å²) in [6, 6.07) is 0.194. The minimum absolute atomic E-state index is 0.147. The van der Waals surface area contributed by atoms with E-state index in [1.165, 1.54) is 23.1 Å². The number of rotatable bonds is 10. The molecule has 180 valence electrons. The van der Waals surface area contributed by atoms with Crippen molar-refractivity contribution in [2.24, 2.45) is 16.1 Å². The minimum atomic E-state index is 0.147. The summed E-state index contributed by atoms with van der Waals surface area (Å²) in [5.74, 6) is 0. The SMILES string of the molecule is C=C/C=C(\C=C)NC(=C)/C=C(C)/C=C/C=C(C)/C=C/C1=C(C)C(N=CN)CCC1(C)C.CC. The Balaban J connectivity index is 0.00000497. The molecule has 0 aromatic rings. The average Bonchev–Trinajstić information content (AvgIpc) is 2.76. The molecule has 3 nitrogen and oxygen atoms in total. The van der Waals surface area contributed by atoms with Crippen molar-refractivity contribution < 1.29 is 0 Å². The van der Waals surface area contributed by atoms with Crippen LogP contribution >= 0.6 is 0 Å². The van der Waals surface area contributed by atoms with Crippen molar-refractivity contribution in [1.82, 2.24) is 5.32 Å². The maximum Gasteiger partial charge on any atom is 0.0805 e. The van der Waals surface area contributed by atoms with E-state index >= 15 is 0 Å². The molecule has 1 aliphatic rings. The summed E-state index contributed by atoms with van der Waals surface area (Å²) in [5, 5.41) is 3.20. The second-order valence-electron chi connectivity index (χ2n) is 8.54. The normalized spacial score (nSPS) is 19.6. The van der Waals surface area contributed by atoms with Gasteiger partial charge in [-0.05, 0) is 74.0 Å². The molecule has 0 aromatic heterocycles. The van der Waals surface area contributed by atoms with Crippen LogP contribution in [-0.4, -0.2) is 12.4 Å². The fourth-order valence-corrected chi connectivity index (χ4v) is 3.66. The number of nitrogens with two attached hydrogens (primary N) is 1. The molecule has 0 amide bonds. The summed E-state index contributed by atoms with van der Waals surface area (Å²) in [6.45, 7) is 26.4. The van der Waals surface area contributed by atoms with Crippen LogP contribution in [0, 0.1) is 5.41 Å². The van der Waals surface area contributed by atoms with Gasteiger partial charge in [-0.2, -0.15) is 0 Å². The van der Waals surface area contributed by atoms with Crippen LogP contribution < -0.4 is 11.1 Å². The van der Waals surface area contributed by atoms with Crippen LogP contribution in [0.1, 0.15) is 61.3 Å². The molecule has 0 spiro atoms. The van der Waals surface area contributed by atoms with Crippen LogP contribution in [0.25, 0.3) is 0 Å². The van der Waals surface area contributed by atoms with Gasteiger partial charge in [-0.1, -0.05) is 89.5 Å². The maximum atomic E-state index is 5.54. The number of aliphatic imine (C=N–C) groups is 1. The Hall–Kier alpha value is -3.07. The fraction of sp³-hybridized carbons (Fsp3) is 0.367. The highest BCUT2D eigenvalue weighted by Crippen LogP contribution is 2.41. The highest BCUT2D eigenvalue weighted by atomic mass is 14.9. The lowest BCUT2D eigenvalue weighted by Crippen LogP contribution is -2.26. The first-order valence-corrected chi connectivity index (χ1v) is 11.7. The van der Waals surface area contributed by atoms with E-state index in [0.29, 0.717) is 0 Å². The van der Waals surface area contributed by atoms with Crippen LogP contribution in [0.4, 0.5) is 0 Å². The molecule has 0 saturated carbocycles. The first kappa shape index (κ1) is 29.9. The van der Waals surface area contributed by atoms with E-state index < -0.39 is 0 Å². The van der Waals surface area contributed by atoms with Crippen LogP contribution in [0.2, 0.25) is 0 Å². The summed E-state index contributed by atoms with van der Waals surface area (Å²) in [7, 11) is 0. The van der Waals surface area contributed by atoms with Crippen molar-refractivity contribution in [2.75, 3.05) is 0 Å². The summed E-state index contributed by atoms with van der Waals surface area (Å²) in [5.41, 5.74) is 12.3. The number of nitrogens with one attached hydrogen (secondary N) is 1. The predicted molar refractivity (Wildman–Crippen MR) is 150 cm³/mol. The molecular formula is C30H45N3. The first-order valence-electron chi connectivity index (χ1n) is 11.7. The third-order valence-corrected chi connectivity index (χ3v) is 5.42. The molecule has 0 heterocycles. The second-order valence-corrected chi connectivity index (χ2v) is 8.54. The van der Waals surface area contributed by atoms with Crippen LogP contribution in [0.5, 0.6) is 0 Å². The number of hydrogen-bond acceptors (Lipinski definition) is 2. The summed E-state index contributed by atoms with van der Waals surface area (Å²) < 4.78 is 0. The zero-order valence-electron chi connectivity index (χ0n) is 21.9. The van der Waals surface area contributed by atoms with Crippen molar-refractivity contribution >= 4 is 6.34 Å². The average molecular weight is 448 g/mol. The van der Waals surface area contributed by atoms with Crippen LogP contribution in [0.15, 0.2) is 113 Å². The van der Waals surface area contributed by atoms with E-state index in [1.807, 2.05) is 32.9 Å². The van der Waals surface area contributed by atoms with Gasteiger partial charge in [0.25, 0.3) is 0 Å². The third kappa shape index (κ3) is 10.9. The molecule has 33 heavy (non-hydrogen) atoms. The van der Waals surface area contributed by atoms with Crippen LogP contribution in [-0.2, 0) is 0 Å². The largest absolute Gasteiger partial charge is 0.390 e. The van der Waals surface area contributed by atoms with E-state index in [0.717, 1.165) is 29.8 Å². The van der Waals surface area contributed by atoms with Crippen molar-refractivity contribution in [3.05, 3.63) is 108 Å². The van der Waals surface area contributed by atoms with E-state index in [9.17, 15) is 0 Å². The van der Waals surface area contributed by atoms with E-state index in [1.54, 1.807) is 12.2 Å². The van der Waals surface area contributed by atoms with E-state index in [2.05, 4.69) is 88.1 Å². The molecular weight excluding hydrogens is 402 g/mol. The van der Waals surface area contributed by atoms with Crippen molar-refractivity contribution in [3.8, 4) is 0 Å². The summed E-state index contributed by atoms with van der Waals surface area (Å²) >= 11 is 0. The van der Waals surface area contributed by atoms with Gasteiger partial charge in [0.2, 0.25) is 0 Å². The van der Waals surface area contributed by atoms with Gasteiger partial charge in [0.1, 0.15) is 0 Å². The number of hydrogen-bond donors (Lipinski definition) is 2. The first-order chi connectivity index (χ1) is 15.6. The molecule has 1 aliphatic carbocycles. The highest BCUT2D eigenvalue weighted by Gasteiger charge is 2.31. The molecule has 3 heteroatoms. The standard InChI is InChI=1S/C28H39N3.C2H6/c1-9-12-25(10-2)31-23(5)19-22(4)14-11-13-21(3)15-16-26-24(6)27(30-20-29)17-18-28(26,7)8;1-2/h9-16,19-20,27,31H,1-2,5,17-18H2,3-4,6-8H3,(H2,29,30);1-2H3/b14-11+,16-15+,21-13+,22-19+,25-12+;. The lowest BCUT2D eigenvalue weighted by atomic mass is 9.71. The Bertz CT molecular complexity index is 884. The molecule has 0 bridgehead atoms. The highest BCUT2D eigenvalue weighted by molar-refractivity contribution is 5.53.